The van der Waals surface area contributed by atoms with Gasteiger partial charge >= 0.3 is 0 Å². The molecule has 0 saturated carbocycles. The highest BCUT2D eigenvalue weighted by Crippen LogP contribution is 2.24. The van der Waals surface area contributed by atoms with Gasteiger partial charge in [0.1, 0.15) is 5.75 Å². The van der Waals surface area contributed by atoms with Crippen LogP contribution in [-0.2, 0) is 15.9 Å². The second-order valence-electron chi connectivity index (χ2n) is 4.37. The van der Waals surface area contributed by atoms with Crippen molar-refractivity contribution in [1.82, 2.24) is 0 Å². The van der Waals surface area contributed by atoms with Crippen LogP contribution in [0.5, 0.6) is 5.75 Å². The van der Waals surface area contributed by atoms with Crippen molar-refractivity contribution in [3.05, 3.63) is 28.2 Å². The molecule has 0 N–H and O–H groups in total. The van der Waals surface area contributed by atoms with Gasteiger partial charge in [0.15, 0.2) is 6.29 Å². The molecule has 1 aliphatic heterocycles. The maximum atomic E-state index is 5.53. The SMILES string of the molecule is COc1ccc(Br)c(CCCC2OCCCO2)c1. The molecule has 0 radical (unpaired) electrons. The summed E-state index contributed by atoms with van der Waals surface area (Å²) in [6, 6.07) is 6.06. The molecule has 1 fully saturated rings. The molecule has 3 nitrogen and oxygen atoms in total. The maximum Gasteiger partial charge on any atom is 0.157 e. The Bertz CT molecular complexity index is 375. The molecule has 18 heavy (non-hydrogen) atoms. The number of halogens is 1. The van der Waals surface area contributed by atoms with Gasteiger partial charge in [0, 0.05) is 4.47 Å². The van der Waals surface area contributed by atoms with Gasteiger partial charge in [-0.3, -0.25) is 0 Å². The first-order chi connectivity index (χ1) is 8.79. The van der Waals surface area contributed by atoms with Gasteiger partial charge in [-0.2, -0.15) is 0 Å². The molecular weight excluding hydrogens is 296 g/mol. The van der Waals surface area contributed by atoms with E-state index in [1.165, 1.54) is 5.56 Å². The largest absolute Gasteiger partial charge is 0.497 e. The molecule has 0 atom stereocenters. The summed E-state index contributed by atoms with van der Waals surface area (Å²) in [5.41, 5.74) is 1.27. The van der Waals surface area contributed by atoms with Crippen molar-refractivity contribution >= 4 is 15.9 Å². The zero-order valence-corrected chi connectivity index (χ0v) is 12.2. The van der Waals surface area contributed by atoms with E-state index in [0.717, 1.165) is 49.1 Å². The Morgan fingerprint density at radius 1 is 1.33 bits per heavy atom. The van der Waals surface area contributed by atoms with Crippen LogP contribution in [0.3, 0.4) is 0 Å². The molecule has 0 unspecified atom stereocenters. The van der Waals surface area contributed by atoms with Crippen LogP contribution in [0.25, 0.3) is 0 Å². The summed E-state index contributed by atoms with van der Waals surface area (Å²) in [7, 11) is 1.69. The minimum atomic E-state index is -0.0110. The average molecular weight is 315 g/mol. The molecule has 0 bridgehead atoms. The van der Waals surface area contributed by atoms with Crippen LogP contribution >= 0.6 is 15.9 Å². The summed E-state index contributed by atoms with van der Waals surface area (Å²) in [6.07, 6.45) is 4.00. The lowest BCUT2D eigenvalue weighted by atomic mass is 10.1. The van der Waals surface area contributed by atoms with Gasteiger partial charge in [-0.05, 0) is 49.4 Å². The van der Waals surface area contributed by atoms with Crippen molar-refractivity contribution in [2.24, 2.45) is 0 Å². The molecule has 0 spiro atoms. The topological polar surface area (TPSA) is 27.7 Å². The lowest BCUT2D eigenvalue weighted by Gasteiger charge is -2.23. The van der Waals surface area contributed by atoms with Crippen molar-refractivity contribution in [3.63, 3.8) is 0 Å². The number of benzene rings is 1. The van der Waals surface area contributed by atoms with Crippen LogP contribution in [-0.4, -0.2) is 26.6 Å². The Balaban J connectivity index is 1.81. The number of hydrogen-bond acceptors (Lipinski definition) is 3. The third kappa shape index (κ3) is 3.97. The zero-order chi connectivity index (χ0) is 12.8. The van der Waals surface area contributed by atoms with Crippen LogP contribution < -0.4 is 4.74 Å². The van der Waals surface area contributed by atoms with E-state index in [0.29, 0.717) is 0 Å². The minimum Gasteiger partial charge on any atom is -0.497 e. The molecule has 100 valence electrons. The van der Waals surface area contributed by atoms with Crippen LogP contribution in [0.1, 0.15) is 24.8 Å². The normalized spacial score (nSPS) is 16.8. The molecular formula is C14H19BrO3. The summed E-state index contributed by atoms with van der Waals surface area (Å²) >= 11 is 3.57. The van der Waals surface area contributed by atoms with Crippen molar-refractivity contribution in [2.75, 3.05) is 20.3 Å². The van der Waals surface area contributed by atoms with Crippen LogP contribution in [0.2, 0.25) is 0 Å². The second-order valence-corrected chi connectivity index (χ2v) is 5.23. The Labute approximate surface area is 117 Å². The Kier molecular flexibility index (Phi) is 5.47. The summed E-state index contributed by atoms with van der Waals surface area (Å²) in [5.74, 6) is 0.901. The highest BCUT2D eigenvalue weighted by Gasteiger charge is 2.13. The third-order valence-electron chi connectivity index (χ3n) is 3.03. The molecule has 1 heterocycles. The highest BCUT2D eigenvalue weighted by molar-refractivity contribution is 9.10. The van der Waals surface area contributed by atoms with Crippen molar-refractivity contribution < 1.29 is 14.2 Å². The summed E-state index contributed by atoms with van der Waals surface area (Å²) < 4.78 is 17.4. The number of aryl methyl sites for hydroxylation is 1. The molecule has 2 rings (SSSR count). The van der Waals surface area contributed by atoms with Gasteiger partial charge in [-0.25, -0.2) is 0 Å². The van der Waals surface area contributed by atoms with E-state index in [9.17, 15) is 0 Å². The van der Waals surface area contributed by atoms with Gasteiger partial charge in [-0.15, -0.1) is 0 Å². The van der Waals surface area contributed by atoms with Crippen molar-refractivity contribution in [2.45, 2.75) is 32.0 Å². The van der Waals surface area contributed by atoms with Gasteiger partial charge in [0.05, 0.1) is 20.3 Å². The van der Waals surface area contributed by atoms with Gasteiger partial charge in [-0.1, -0.05) is 15.9 Å². The quantitative estimate of drug-likeness (QED) is 0.832. The highest BCUT2D eigenvalue weighted by atomic mass is 79.9. The number of hydrogen-bond donors (Lipinski definition) is 0. The lowest BCUT2D eigenvalue weighted by Crippen LogP contribution is -2.24. The monoisotopic (exact) mass is 314 g/mol. The smallest absolute Gasteiger partial charge is 0.157 e. The van der Waals surface area contributed by atoms with E-state index in [-0.39, 0.29) is 6.29 Å². The molecule has 0 amide bonds. The predicted octanol–water partition coefficient (Wildman–Crippen LogP) is 3.54. The zero-order valence-electron chi connectivity index (χ0n) is 10.7. The second kappa shape index (κ2) is 7.12. The van der Waals surface area contributed by atoms with E-state index in [2.05, 4.69) is 22.0 Å². The number of rotatable bonds is 5. The molecule has 4 heteroatoms. The van der Waals surface area contributed by atoms with Gasteiger partial charge in [0.25, 0.3) is 0 Å². The van der Waals surface area contributed by atoms with E-state index < -0.39 is 0 Å². The predicted molar refractivity (Wildman–Crippen MR) is 73.9 cm³/mol. The van der Waals surface area contributed by atoms with Crippen LogP contribution in [0.4, 0.5) is 0 Å². The Morgan fingerprint density at radius 3 is 2.83 bits per heavy atom. The molecule has 1 saturated heterocycles. The van der Waals surface area contributed by atoms with Crippen molar-refractivity contribution in [3.8, 4) is 5.75 Å². The lowest BCUT2D eigenvalue weighted by molar-refractivity contribution is -0.181. The summed E-state index contributed by atoms with van der Waals surface area (Å²) in [6.45, 7) is 1.65. The average Bonchev–Trinajstić information content (AvgIpc) is 2.42. The van der Waals surface area contributed by atoms with Gasteiger partial charge in [0.2, 0.25) is 0 Å². The maximum absolute atomic E-state index is 5.53. The first-order valence-electron chi connectivity index (χ1n) is 6.35. The fraction of sp³-hybridized carbons (Fsp3) is 0.571. The standard InChI is InChI=1S/C14H19BrO3/c1-16-12-6-7-13(15)11(10-12)4-2-5-14-17-8-3-9-18-14/h6-7,10,14H,2-5,8-9H2,1H3. The number of methoxy groups -OCH3 is 1. The first-order valence-corrected chi connectivity index (χ1v) is 7.14. The molecule has 1 aliphatic rings. The Morgan fingerprint density at radius 2 is 2.11 bits per heavy atom. The van der Waals surface area contributed by atoms with Crippen LogP contribution in [0.15, 0.2) is 22.7 Å². The summed E-state index contributed by atoms with van der Waals surface area (Å²) in [4.78, 5) is 0. The fourth-order valence-electron chi connectivity index (χ4n) is 2.03. The number of ether oxygens (including phenoxy) is 3. The first kappa shape index (κ1) is 13.8. The van der Waals surface area contributed by atoms with E-state index >= 15 is 0 Å². The van der Waals surface area contributed by atoms with E-state index in [4.69, 9.17) is 14.2 Å². The Hall–Kier alpha value is -0.580. The van der Waals surface area contributed by atoms with Crippen LogP contribution in [0, 0.1) is 0 Å². The molecule has 0 aromatic heterocycles. The van der Waals surface area contributed by atoms with Gasteiger partial charge < -0.3 is 14.2 Å². The molecule has 0 aliphatic carbocycles. The molecule has 1 aromatic rings. The third-order valence-corrected chi connectivity index (χ3v) is 3.81. The van der Waals surface area contributed by atoms with Crippen molar-refractivity contribution in [1.29, 1.82) is 0 Å². The van der Waals surface area contributed by atoms with E-state index in [1.54, 1.807) is 7.11 Å². The van der Waals surface area contributed by atoms with E-state index in [1.807, 2.05) is 12.1 Å². The minimum absolute atomic E-state index is 0.0110. The molecule has 1 aromatic carbocycles. The fourth-order valence-corrected chi connectivity index (χ4v) is 2.48. The summed E-state index contributed by atoms with van der Waals surface area (Å²) in [5, 5.41) is 0.